The molecule has 1 saturated carbocycles. The van der Waals surface area contributed by atoms with Crippen molar-refractivity contribution < 1.29 is 4.74 Å². The first-order valence-electron chi connectivity index (χ1n) is 7.32. The van der Waals surface area contributed by atoms with Gasteiger partial charge in [0.1, 0.15) is 0 Å². The number of nitrogens with one attached hydrogen (secondary N) is 1. The summed E-state index contributed by atoms with van der Waals surface area (Å²) < 4.78 is 5.69. The summed E-state index contributed by atoms with van der Waals surface area (Å²) in [6.07, 6.45) is 3.21. The van der Waals surface area contributed by atoms with E-state index in [4.69, 9.17) is 15.9 Å². The molecule has 1 fully saturated rings. The molecule has 4 heteroatoms. The van der Waals surface area contributed by atoms with Crippen LogP contribution in [0.3, 0.4) is 0 Å². The van der Waals surface area contributed by atoms with Gasteiger partial charge in [0.15, 0.2) is 0 Å². The lowest BCUT2D eigenvalue weighted by Crippen LogP contribution is -2.31. The average molecular weight is 275 g/mol. The lowest BCUT2D eigenvalue weighted by Gasteiger charge is -2.28. The Labute approximate surface area is 121 Å². The van der Waals surface area contributed by atoms with Crippen molar-refractivity contribution in [3.63, 3.8) is 0 Å². The second kappa shape index (κ2) is 7.41. The summed E-state index contributed by atoms with van der Waals surface area (Å²) in [4.78, 5) is 2.23. The number of nitrogens with zero attached hydrogens (tertiary/aromatic N) is 1. The van der Waals surface area contributed by atoms with Crippen LogP contribution in [0.2, 0.25) is 0 Å². The number of nitrogens with two attached hydrogens (primary N) is 1. The van der Waals surface area contributed by atoms with E-state index in [0.29, 0.717) is 6.42 Å². The zero-order valence-electron chi connectivity index (χ0n) is 12.2. The van der Waals surface area contributed by atoms with Gasteiger partial charge in [-0.15, -0.1) is 0 Å². The third-order valence-electron chi connectivity index (χ3n) is 3.77. The molecular weight excluding hydrogens is 250 g/mol. The van der Waals surface area contributed by atoms with Crippen LogP contribution in [0.1, 0.15) is 30.9 Å². The largest absolute Gasteiger partial charge is 0.388 e. The maximum Gasteiger partial charge on any atom is 0.0924 e. The quantitative estimate of drug-likeness (QED) is 0.413. The van der Waals surface area contributed by atoms with Crippen molar-refractivity contribution in [2.24, 2.45) is 11.7 Å². The van der Waals surface area contributed by atoms with Crippen LogP contribution >= 0.6 is 0 Å². The minimum absolute atomic E-state index is 0.151. The second-order valence-corrected chi connectivity index (χ2v) is 5.65. The van der Waals surface area contributed by atoms with Gasteiger partial charge in [0.05, 0.1) is 12.4 Å². The fourth-order valence-electron chi connectivity index (χ4n) is 2.31. The molecule has 1 unspecified atom stereocenters. The molecule has 0 saturated heterocycles. The van der Waals surface area contributed by atoms with Gasteiger partial charge in [-0.25, -0.2) is 0 Å². The van der Waals surface area contributed by atoms with Gasteiger partial charge >= 0.3 is 0 Å². The number of likely N-dealkylation sites (N-methyl/N-ethyl adjacent to an activating group) is 1. The molecule has 0 heterocycles. The molecule has 20 heavy (non-hydrogen) atoms. The normalized spacial score (nSPS) is 16.3. The van der Waals surface area contributed by atoms with Gasteiger partial charge in [-0.1, -0.05) is 30.3 Å². The molecule has 0 bridgehead atoms. The van der Waals surface area contributed by atoms with Gasteiger partial charge in [-0.3, -0.25) is 10.3 Å². The van der Waals surface area contributed by atoms with E-state index >= 15 is 0 Å². The van der Waals surface area contributed by atoms with Crippen LogP contribution in [0.15, 0.2) is 30.3 Å². The molecule has 1 aromatic carbocycles. The van der Waals surface area contributed by atoms with E-state index < -0.39 is 0 Å². The van der Waals surface area contributed by atoms with Crippen LogP contribution in [-0.2, 0) is 4.74 Å². The number of amidine groups is 1. The van der Waals surface area contributed by atoms with Crippen molar-refractivity contribution in [3.05, 3.63) is 35.9 Å². The minimum Gasteiger partial charge on any atom is -0.388 e. The molecule has 4 nitrogen and oxygen atoms in total. The summed E-state index contributed by atoms with van der Waals surface area (Å²) in [5, 5.41) is 7.56. The molecule has 1 aliphatic rings. The second-order valence-electron chi connectivity index (χ2n) is 5.65. The van der Waals surface area contributed by atoms with Crippen LogP contribution in [0, 0.1) is 11.3 Å². The summed E-state index contributed by atoms with van der Waals surface area (Å²) in [5.74, 6) is 1.03. The van der Waals surface area contributed by atoms with Crippen molar-refractivity contribution in [2.45, 2.75) is 25.3 Å². The molecule has 1 atom stereocenters. The predicted molar refractivity (Wildman–Crippen MR) is 81.9 cm³/mol. The lowest BCUT2D eigenvalue weighted by molar-refractivity contribution is 0.0920. The average Bonchev–Trinajstić information content (AvgIpc) is 3.25. The van der Waals surface area contributed by atoms with E-state index in [1.54, 1.807) is 0 Å². The third-order valence-corrected chi connectivity index (χ3v) is 3.77. The number of hydrogen-bond acceptors (Lipinski definition) is 3. The lowest BCUT2D eigenvalue weighted by atomic mass is 10.0. The molecule has 0 spiro atoms. The van der Waals surface area contributed by atoms with Crippen molar-refractivity contribution in [1.29, 1.82) is 5.41 Å². The summed E-state index contributed by atoms with van der Waals surface area (Å²) in [6, 6.07) is 10.4. The third kappa shape index (κ3) is 4.94. The van der Waals surface area contributed by atoms with Crippen molar-refractivity contribution >= 4 is 5.84 Å². The molecule has 0 amide bonds. The Morgan fingerprint density at radius 1 is 1.40 bits per heavy atom. The van der Waals surface area contributed by atoms with Gasteiger partial charge in [-0.05, 0) is 31.4 Å². The fourth-order valence-corrected chi connectivity index (χ4v) is 2.31. The zero-order valence-corrected chi connectivity index (χ0v) is 12.2. The van der Waals surface area contributed by atoms with Crippen LogP contribution in [0.5, 0.6) is 0 Å². The molecule has 1 aromatic rings. The van der Waals surface area contributed by atoms with E-state index in [-0.39, 0.29) is 11.9 Å². The number of ether oxygens (including phenoxy) is 1. The topological polar surface area (TPSA) is 62.3 Å². The van der Waals surface area contributed by atoms with Crippen molar-refractivity contribution in [2.75, 3.05) is 26.8 Å². The van der Waals surface area contributed by atoms with Crippen LogP contribution in [0.4, 0.5) is 0 Å². The Kier molecular flexibility index (Phi) is 5.56. The molecule has 0 radical (unpaired) electrons. The highest BCUT2D eigenvalue weighted by Crippen LogP contribution is 2.28. The highest BCUT2D eigenvalue weighted by Gasteiger charge is 2.22. The monoisotopic (exact) mass is 275 g/mol. The van der Waals surface area contributed by atoms with Crippen LogP contribution in [-0.4, -0.2) is 37.5 Å². The standard InChI is InChI=1S/C16H25N3O/c1-19(9-10-20-12-13-7-8-13)15(11-16(17)18)14-5-3-2-4-6-14/h2-6,13,15H,7-12H2,1H3,(H3,17,18). The van der Waals surface area contributed by atoms with E-state index in [1.807, 2.05) is 18.2 Å². The molecule has 3 N–H and O–H groups in total. The Morgan fingerprint density at radius 2 is 2.10 bits per heavy atom. The summed E-state index contributed by atoms with van der Waals surface area (Å²) >= 11 is 0. The van der Waals surface area contributed by atoms with E-state index in [9.17, 15) is 0 Å². The Morgan fingerprint density at radius 3 is 2.70 bits per heavy atom. The Bertz CT molecular complexity index is 417. The predicted octanol–water partition coefficient (Wildman–Crippen LogP) is 2.41. The van der Waals surface area contributed by atoms with Crippen molar-refractivity contribution in [3.8, 4) is 0 Å². The van der Waals surface area contributed by atoms with Gasteiger partial charge in [0.2, 0.25) is 0 Å². The number of rotatable bonds is 9. The molecular formula is C16H25N3O. The first-order chi connectivity index (χ1) is 9.66. The Balaban J connectivity index is 1.85. The van der Waals surface area contributed by atoms with Gasteiger partial charge in [0.25, 0.3) is 0 Å². The zero-order chi connectivity index (χ0) is 14.4. The van der Waals surface area contributed by atoms with Crippen LogP contribution < -0.4 is 5.73 Å². The minimum atomic E-state index is 0.151. The van der Waals surface area contributed by atoms with Gasteiger partial charge in [-0.2, -0.15) is 0 Å². The van der Waals surface area contributed by atoms with E-state index in [0.717, 1.165) is 25.7 Å². The molecule has 110 valence electrons. The SMILES string of the molecule is CN(CCOCC1CC1)C(CC(=N)N)c1ccccc1. The summed E-state index contributed by atoms with van der Waals surface area (Å²) in [5.41, 5.74) is 6.80. The summed E-state index contributed by atoms with van der Waals surface area (Å²) in [7, 11) is 2.07. The molecule has 0 aliphatic heterocycles. The maximum atomic E-state index is 7.56. The first-order valence-corrected chi connectivity index (χ1v) is 7.32. The fraction of sp³-hybridized carbons (Fsp3) is 0.562. The smallest absolute Gasteiger partial charge is 0.0924 e. The van der Waals surface area contributed by atoms with E-state index in [1.165, 1.54) is 18.4 Å². The summed E-state index contributed by atoms with van der Waals surface area (Å²) in [6.45, 7) is 2.50. The molecule has 2 rings (SSSR count). The van der Waals surface area contributed by atoms with Crippen LogP contribution in [0.25, 0.3) is 0 Å². The first kappa shape index (κ1) is 15.0. The number of hydrogen-bond donors (Lipinski definition) is 2. The van der Waals surface area contributed by atoms with Crippen molar-refractivity contribution in [1.82, 2.24) is 4.90 Å². The highest BCUT2D eigenvalue weighted by atomic mass is 16.5. The Hall–Kier alpha value is -1.39. The maximum absolute atomic E-state index is 7.56. The highest BCUT2D eigenvalue weighted by molar-refractivity contribution is 5.77. The molecule has 0 aromatic heterocycles. The number of benzene rings is 1. The van der Waals surface area contributed by atoms with Gasteiger partial charge < -0.3 is 10.5 Å². The molecule has 1 aliphatic carbocycles. The van der Waals surface area contributed by atoms with Gasteiger partial charge in [0, 0.05) is 25.6 Å². The van der Waals surface area contributed by atoms with E-state index in [2.05, 4.69) is 24.1 Å².